The van der Waals surface area contributed by atoms with Crippen LogP contribution in [0.15, 0.2) is 0 Å². The fourth-order valence-corrected chi connectivity index (χ4v) is 2.86. The summed E-state index contributed by atoms with van der Waals surface area (Å²) >= 11 is 0. The first-order valence-corrected chi connectivity index (χ1v) is 6.30. The van der Waals surface area contributed by atoms with Gasteiger partial charge in [-0.25, -0.2) is 9.52 Å². The third-order valence-electron chi connectivity index (χ3n) is 2.63. The van der Waals surface area contributed by atoms with Crippen molar-refractivity contribution >= 4 is 22.3 Å². The standard InChI is InChI=1S/C8H14N2O6S/c1-5-3-10(4-6(5)7(11)12)17(14,15)9-8(13)16-2/h5-6H,3-4H2,1-2H3,(H,9,13)(H,11,12)/t5-,6-/m1/s1. The predicted molar refractivity (Wildman–Crippen MR) is 56.3 cm³/mol. The van der Waals surface area contributed by atoms with E-state index < -0.39 is 28.2 Å². The molecule has 0 radical (unpaired) electrons. The van der Waals surface area contributed by atoms with Crippen LogP contribution in [0.1, 0.15) is 6.92 Å². The van der Waals surface area contributed by atoms with E-state index >= 15 is 0 Å². The van der Waals surface area contributed by atoms with Gasteiger partial charge < -0.3 is 9.84 Å². The van der Waals surface area contributed by atoms with Crippen molar-refractivity contribution < 1.29 is 27.9 Å². The molecule has 1 aliphatic heterocycles. The molecule has 0 bridgehead atoms. The summed E-state index contributed by atoms with van der Waals surface area (Å²) in [6, 6.07) is 0. The molecule has 0 spiro atoms. The van der Waals surface area contributed by atoms with Crippen molar-refractivity contribution in [2.24, 2.45) is 11.8 Å². The van der Waals surface area contributed by atoms with E-state index in [9.17, 15) is 18.0 Å². The zero-order chi connectivity index (χ0) is 13.2. The molecule has 1 aliphatic rings. The van der Waals surface area contributed by atoms with Crippen LogP contribution in [0.2, 0.25) is 0 Å². The molecule has 0 aromatic carbocycles. The first-order valence-electron chi connectivity index (χ1n) is 4.86. The summed E-state index contributed by atoms with van der Waals surface area (Å²) in [6.45, 7) is 1.55. The van der Waals surface area contributed by atoms with Gasteiger partial charge in [0.25, 0.3) is 0 Å². The molecule has 9 heteroatoms. The van der Waals surface area contributed by atoms with Crippen LogP contribution in [-0.4, -0.2) is 50.1 Å². The molecule has 1 rings (SSSR count). The maximum Gasteiger partial charge on any atom is 0.421 e. The molecule has 0 saturated carbocycles. The van der Waals surface area contributed by atoms with Crippen LogP contribution in [0, 0.1) is 11.8 Å². The van der Waals surface area contributed by atoms with Crippen molar-refractivity contribution in [1.29, 1.82) is 0 Å². The minimum atomic E-state index is -4.03. The van der Waals surface area contributed by atoms with E-state index in [1.165, 1.54) is 0 Å². The van der Waals surface area contributed by atoms with Gasteiger partial charge in [0.2, 0.25) is 0 Å². The summed E-state index contributed by atoms with van der Waals surface area (Å²) in [6.07, 6.45) is -1.10. The van der Waals surface area contributed by atoms with Crippen LogP contribution in [-0.2, 0) is 19.7 Å². The van der Waals surface area contributed by atoms with E-state index in [1.807, 2.05) is 0 Å². The Labute approximate surface area is 98.7 Å². The Morgan fingerprint density at radius 1 is 1.41 bits per heavy atom. The van der Waals surface area contributed by atoms with Crippen LogP contribution in [0.4, 0.5) is 4.79 Å². The minimum absolute atomic E-state index is 0.0588. The number of hydrogen-bond donors (Lipinski definition) is 2. The number of hydrogen-bond acceptors (Lipinski definition) is 5. The van der Waals surface area contributed by atoms with Gasteiger partial charge >= 0.3 is 22.3 Å². The fraction of sp³-hybridized carbons (Fsp3) is 0.750. The van der Waals surface area contributed by atoms with Crippen LogP contribution in [0.25, 0.3) is 0 Å². The molecule has 2 atom stereocenters. The molecule has 98 valence electrons. The molecule has 1 amide bonds. The van der Waals surface area contributed by atoms with Gasteiger partial charge in [0.1, 0.15) is 0 Å². The van der Waals surface area contributed by atoms with Gasteiger partial charge in [-0.2, -0.15) is 12.7 Å². The fourth-order valence-electron chi connectivity index (χ4n) is 1.65. The second-order valence-corrected chi connectivity index (χ2v) is 5.51. The van der Waals surface area contributed by atoms with E-state index in [2.05, 4.69) is 4.74 Å². The molecule has 8 nitrogen and oxygen atoms in total. The van der Waals surface area contributed by atoms with E-state index in [4.69, 9.17) is 5.11 Å². The van der Waals surface area contributed by atoms with Crippen LogP contribution >= 0.6 is 0 Å². The topological polar surface area (TPSA) is 113 Å². The maximum absolute atomic E-state index is 11.6. The average molecular weight is 266 g/mol. The highest BCUT2D eigenvalue weighted by molar-refractivity contribution is 7.87. The highest BCUT2D eigenvalue weighted by Gasteiger charge is 2.40. The first kappa shape index (κ1) is 13.7. The normalized spacial score (nSPS) is 25.5. The van der Waals surface area contributed by atoms with E-state index in [1.54, 1.807) is 11.6 Å². The molecule has 1 fully saturated rings. The SMILES string of the molecule is COC(=O)NS(=O)(=O)N1C[C@@H](C)[C@H](C(=O)O)C1. The highest BCUT2D eigenvalue weighted by Crippen LogP contribution is 2.24. The Balaban J connectivity index is 2.76. The second-order valence-electron chi connectivity index (χ2n) is 3.84. The summed E-state index contributed by atoms with van der Waals surface area (Å²) in [4.78, 5) is 21.7. The van der Waals surface area contributed by atoms with Crippen molar-refractivity contribution in [3.05, 3.63) is 0 Å². The molecular weight excluding hydrogens is 252 g/mol. The highest BCUT2D eigenvalue weighted by atomic mass is 32.2. The number of carboxylic acids is 1. The summed E-state index contributed by atoms with van der Waals surface area (Å²) in [5, 5.41) is 8.86. The van der Waals surface area contributed by atoms with Gasteiger partial charge in [0.05, 0.1) is 13.0 Å². The monoisotopic (exact) mass is 266 g/mol. The molecule has 1 heterocycles. The molecular formula is C8H14N2O6S. The lowest BCUT2D eigenvalue weighted by Crippen LogP contribution is -2.42. The number of carbonyl (C=O) groups excluding carboxylic acids is 1. The lowest BCUT2D eigenvalue weighted by Gasteiger charge is -2.15. The van der Waals surface area contributed by atoms with Gasteiger partial charge in [0.15, 0.2) is 0 Å². The number of ether oxygens (including phenoxy) is 1. The largest absolute Gasteiger partial charge is 0.481 e. The lowest BCUT2D eigenvalue weighted by molar-refractivity contribution is -0.142. The Morgan fingerprint density at radius 3 is 2.41 bits per heavy atom. The molecule has 0 aliphatic carbocycles. The number of nitrogens with zero attached hydrogens (tertiary/aromatic N) is 1. The zero-order valence-electron chi connectivity index (χ0n) is 9.41. The van der Waals surface area contributed by atoms with Gasteiger partial charge in [0, 0.05) is 13.1 Å². The summed E-state index contributed by atoms with van der Waals surface area (Å²) in [5.41, 5.74) is 0. The van der Waals surface area contributed by atoms with Crippen molar-refractivity contribution in [2.45, 2.75) is 6.92 Å². The Kier molecular flexibility index (Phi) is 3.94. The molecule has 0 aromatic heterocycles. The summed E-state index contributed by atoms with van der Waals surface area (Å²) < 4.78 is 30.0. The van der Waals surface area contributed by atoms with Gasteiger partial charge in [-0.05, 0) is 5.92 Å². The number of methoxy groups -OCH3 is 1. The van der Waals surface area contributed by atoms with E-state index in [-0.39, 0.29) is 19.0 Å². The van der Waals surface area contributed by atoms with E-state index in [0.717, 1.165) is 11.4 Å². The average Bonchev–Trinajstić information content (AvgIpc) is 2.60. The number of amides is 1. The molecule has 0 aromatic rings. The molecule has 0 unspecified atom stereocenters. The molecule has 2 N–H and O–H groups in total. The van der Waals surface area contributed by atoms with Gasteiger partial charge in [-0.1, -0.05) is 6.92 Å². The molecule has 17 heavy (non-hydrogen) atoms. The Bertz CT molecular complexity index is 420. The van der Waals surface area contributed by atoms with Crippen LogP contribution in [0.3, 0.4) is 0 Å². The van der Waals surface area contributed by atoms with Crippen molar-refractivity contribution in [1.82, 2.24) is 9.03 Å². The second kappa shape index (κ2) is 4.88. The van der Waals surface area contributed by atoms with Crippen LogP contribution in [0.5, 0.6) is 0 Å². The summed E-state index contributed by atoms with van der Waals surface area (Å²) in [5.74, 6) is -2.11. The third-order valence-corrected chi connectivity index (χ3v) is 4.04. The van der Waals surface area contributed by atoms with E-state index in [0.29, 0.717) is 0 Å². The number of carbonyl (C=O) groups is 2. The zero-order valence-corrected chi connectivity index (χ0v) is 10.2. The number of aliphatic carboxylic acids is 1. The predicted octanol–water partition coefficient (Wildman–Crippen LogP) is -0.760. The smallest absolute Gasteiger partial charge is 0.421 e. The number of nitrogens with one attached hydrogen (secondary N) is 1. The van der Waals surface area contributed by atoms with Crippen molar-refractivity contribution in [3.63, 3.8) is 0 Å². The van der Waals surface area contributed by atoms with Gasteiger partial charge in [-0.15, -0.1) is 0 Å². The summed E-state index contributed by atoms with van der Waals surface area (Å²) in [7, 11) is -2.99. The Morgan fingerprint density at radius 2 is 2.00 bits per heavy atom. The lowest BCUT2D eigenvalue weighted by atomic mass is 9.99. The minimum Gasteiger partial charge on any atom is -0.481 e. The van der Waals surface area contributed by atoms with Crippen LogP contribution < -0.4 is 4.72 Å². The third kappa shape index (κ3) is 3.07. The van der Waals surface area contributed by atoms with Crippen molar-refractivity contribution in [3.8, 4) is 0 Å². The molecule has 1 saturated heterocycles. The number of rotatable bonds is 3. The Hall–Kier alpha value is -1.35. The van der Waals surface area contributed by atoms with Gasteiger partial charge in [-0.3, -0.25) is 4.79 Å². The van der Waals surface area contributed by atoms with Crippen molar-refractivity contribution in [2.75, 3.05) is 20.2 Å². The number of carboxylic acid groups (broad SMARTS) is 1. The maximum atomic E-state index is 11.6. The quantitative estimate of drug-likeness (QED) is 0.694. The first-order chi connectivity index (χ1) is 7.77.